The number of benzene rings is 1. The van der Waals surface area contributed by atoms with E-state index < -0.39 is 0 Å². The standard InChI is InChI=1S/C20H22N2O4/c23-17(20-12-15-4-1-2-5-18(15)26-20)14-21-13-16(19-6-3-9-25-19)22-7-10-24-11-8-22/h1-6,9,12,16,21H,7-8,10-11,13-14H2. The SMILES string of the molecule is O=C(CNCC(c1ccco1)N1CCOCC1)c1cc2ccccc2o1. The van der Waals surface area contributed by atoms with Crippen LogP contribution < -0.4 is 5.32 Å². The zero-order chi connectivity index (χ0) is 17.8. The summed E-state index contributed by atoms with van der Waals surface area (Å²) in [6.07, 6.45) is 1.68. The number of carbonyl (C=O) groups is 1. The molecular formula is C20H22N2O4. The van der Waals surface area contributed by atoms with Crippen molar-refractivity contribution < 1.29 is 18.4 Å². The zero-order valence-corrected chi connectivity index (χ0v) is 14.5. The number of carbonyl (C=O) groups excluding carboxylic acids is 1. The minimum atomic E-state index is -0.0543. The van der Waals surface area contributed by atoms with E-state index in [1.165, 1.54) is 0 Å². The Hall–Kier alpha value is -2.41. The van der Waals surface area contributed by atoms with Crippen LogP contribution in [0, 0.1) is 0 Å². The predicted octanol–water partition coefficient (Wildman–Crippen LogP) is 2.87. The third-order valence-electron chi connectivity index (χ3n) is 4.68. The van der Waals surface area contributed by atoms with Gasteiger partial charge >= 0.3 is 0 Å². The summed E-state index contributed by atoms with van der Waals surface area (Å²) in [4.78, 5) is 14.8. The first-order valence-corrected chi connectivity index (χ1v) is 8.89. The Morgan fingerprint density at radius 1 is 1.15 bits per heavy atom. The normalized spacial score (nSPS) is 16.8. The second-order valence-corrected chi connectivity index (χ2v) is 6.38. The number of Topliss-reactive ketones (excluding diaryl/α,β-unsaturated/α-hetero) is 1. The van der Waals surface area contributed by atoms with Crippen molar-refractivity contribution >= 4 is 16.8 Å². The number of ether oxygens (including phenoxy) is 1. The second kappa shape index (κ2) is 7.86. The van der Waals surface area contributed by atoms with Gasteiger partial charge in [-0.1, -0.05) is 18.2 Å². The number of hydrogen-bond donors (Lipinski definition) is 1. The molecule has 0 bridgehead atoms. The third-order valence-corrected chi connectivity index (χ3v) is 4.68. The molecule has 3 heterocycles. The van der Waals surface area contributed by atoms with Gasteiger partial charge in [-0.25, -0.2) is 0 Å². The van der Waals surface area contributed by atoms with Crippen LogP contribution in [0.1, 0.15) is 22.4 Å². The van der Waals surface area contributed by atoms with Gasteiger partial charge in [0.1, 0.15) is 11.3 Å². The van der Waals surface area contributed by atoms with Crippen LogP contribution in [0.4, 0.5) is 0 Å². The Bertz CT molecular complexity index is 817. The summed E-state index contributed by atoms with van der Waals surface area (Å²) in [5.74, 6) is 1.23. The molecule has 1 aliphatic heterocycles. The number of nitrogens with zero attached hydrogens (tertiary/aromatic N) is 1. The van der Waals surface area contributed by atoms with Crippen LogP contribution in [0.3, 0.4) is 0 Å². The smallest absolute Gasteiger partial charge is 0.211 e. The highest BCUT2D eigenvalue weighted by Crippen LogP contribution is 2.22. The number of morpholine rings is 1. The van der Waals surface area contributed by atoms with Crippen molar-refractivity contribution in [2.24, 2.45) is 0 Å². The summed E-state index contributed by atoms with van der Waals surface area (Å²) in [7, 11) is 0. The number of rotatable bonds is 7. The van der Waals surface area contributed by atoms with Crippen molar-refractivity contribution in [1.29, 1.82) is 0 Å². The zero-order valence-electron chi connectivity index (χ0n) is 14.5. The Kier molecular flexibility index (Phi) is 5.15. The molecule has 0 amide bonds. The van der Waals surface area contributed by atoms with Crippen LogP contribution in [0.5, 0.6) is 0 Å². The van der Waals surface area contributed by atoms with Gasteiger partial charge in [-0.2, -0.15) is 0 Å². The topological polar surface area (TPSA) is 67.9 Å². The van der Waals surface area contributed by atoms with Crippen LogP contribution in [0.2, 0.25) is 0 Å². The minimum Gasteiger partial charge on any atom is -0.468 e. The predicted molar refractivity (Wildman–Crippen MR) is 97.3 cm³/mol. The van der Waals surface area contributed by atoms with E-state index in [0.29, 0.717) is 12.3 Å². The van der Waals surface area contributed by atoms with Crippen LogP contribution in [-0.4, -0.2) is 50.1 Å². The molecule has 1 aliphatic rings. The van der Waals surface area contributed by atoms with Crippen molar-refractivity contribution in [2.75, 3.05) is 39.4 Å². The molecule has 136 valence electrons. The van der Waals surface area contributed by atoms with Gasteiger partial charge in [0.15, 0.2) is 5.76 Å². The van der Waals surface area contributed by atoms with Gasteiger partial charge in [0, 0.05) is 25.0 Å². The van der Waals surface area contributed by atoms with E-state index >= 15 is 0 Å². The third kappa shape index (κ3) is 3.72. The highest BCUT2D eigenvalue weighted by molar-refractivity contribution is 5.98. The van der Waals surface area contributed by atoms with Gasteiger partial charge in [0.2, 0.25) is 5.78 Å². The quantitative estimate of drug-likeness (QED) is 0.658. The Morgan fingerprint density at radius 3 is 2.77 bits per heavy atom. The summed E-state index contributed by atoms with van der Waals surface area (Å²) >= 11 is 0. The van der Waals surface area contributed by atoms with E-state index in [9.17, 15) is 4.79 Å². The van der Waals surface area contributed by atoms with Crippen LogP contribution in [-0.2, 0) is 4.74 Å². The van der Waals surface area contributed by atoms with Gasteiger partial charge in [-0.05, 0) is 24.3 Å². The molecule has 0 radical (unpaired) electrons. The fourth-order valence-corrected chi connectivity index (χ4v) is 3.31. The molecule has 0 aliphatic carbocycles. The van der Waals surface area contributed by atoms with Gasteiger partial charge in [-0.3, -0.25) is 9.69 Å². The lowest BCUT2D eigenvalue weighted by Crippen LogP contribution is -2.43. The van der Waals surface area contributed by atoms with Gasteiger partial charge in [0.25, 0.3) is 0 Å². The number of furan rings is 2. The van der Waals surface area contributed by atoms with Crippen LogP contribution >= 0.6 is 0 Å². The molecule has 1 aromatic carbocycles. The van der Waals surface area contributed by atoms with Gasteiger partial charge in [0.05, 0.1) is 32.1 Å². The van der Waals surface area contributed by atoms with E-state index in [4.69, 9.17) is 13.6 Å². The summed E-state index contributed by atoms with van der Waals surface area (Å²) in [6, 6.07) is 13.4. The van der Waals surface area contributed by atoms with Crippen molar-refractivity contribution in [1.82, 2.24) is 10.2 Å². The number of para-hydroxylation sites is 1. The molecule has 0 spiro atoms. The van der Waals surface area contributed by atoms with E-state index in [1.807, 2.05) is 36.4 Å². The maximum Gasteiger partial charge on any atom is 0.211 e. The average Bonchev–Trinajstić information content (AvgIpc) is 3.35. The van der Waals surface area contributed by atoms with Crippen molar-refractivity contribution in [3.63, 3.8) is 0 Å². The maximum atomic E-state index is 12.4. The average molecular weight is 354 g/mol. The van der Waals surface area contributed by atoms with E-state index in [2.05, 4.69) is 10.2 Å². The van der Waals surface area contributed by atoms with E-state index in [-0.39, 0.29) is 18.4 Å². The Morgan fingerprint density at radius 2 is 2.00 bits per heavy atom. The molecule has 1 saturated heterocycles. The number of ketones is 1. The number of hydrogen-bond acceptors (Lipinski definition) is 6. The second-order valence-electron chi connectivity index (χ2n) is 6.38. The highest BCUT2D eigenvalue weighted by atomic mass is 16.5. The maximum absolute atomic E-state index is 12.4. The molecule has 1 N–H and O–H groups in total. The molecular weight excluding hydrogens is 332 g/mol. The molecule has 1 fully saturated rings. The van der Waals surface area contributed by atoms with Gasteiger partial charge in [-0.15, -0.1) is 0 Å². The van der Waals surface area contributed by atoms with E-state index in [0.717, 1.165) is 43.0 Å². The molecule has 0 saturated carbocycles. The van der Waals surface area contributed by atoms with Crippen LogP contribution in [0.15, 0.2) is 57.6 Å². The molecule has 6 heteroatoms. The highest BCUT2D eigenvalue weighted by Gasteiger charge is 2.25. The van der Waals surface area contributed by atoms with Crippen LogP contribution in [0.25, 0.3) is 11.0 Å². The molecule has 2 aromatic heterocycles. The lowest BCUT2D eigenvalue weighted by atomic mass is 10.1. The Balaban J connectivity index is 1.38. The van der Waals surface area contributed by atoms with Gasteiger partial charge < -0.3 is 18.9 Å². The molecule has 3 aromatic rings. The molecule has 26 heavy (non-hydrogen) atoms. The summed E-state index contributed by atoms with van der Waals surface area (Å²) in [5.41, 5.74) is 0.734. The number of fused-ring (bicyclic) bond motifs is 1. The van der Waals surface area contributed by atoms with Crippen molar-refractivity contribution in [3.8, 4) is 0 Å². The molecule has 1 atom stereocenters. The largest absolute Gasteiger partial charge is 0.468 e. The molecule has 1 unspecified atom stereocenters. The number of nitrogens with one attached hydrogen (secondary N) is 1. The summed E-state index contributed by atoms with van der Waals surface area (Å²) in [6.45, 7) is 3.99. The fraction of sp³-hybridized carbons (Fsp3) is 0.350. The molecule has 6 nitrogen and oxygen atoms in total. The first kappa shape index (κ1) is 17.0. The lowest BCUT2D eigenvalue weighted by Gasteiger charge is -2.33. The summed E-state index contributed by atoms with van der Waals surface area (Å²) < 4.78 is 16.7. The monoisotopic (exact) mass is 354 g/mol. The first-order valence-electron chi connectivity index (χ1n) is 8.89. The first-order chi connectivity index (χ1) is 12.8. The Labute approximate surface area is 151 Å². The van der Waals surface area contributed by atoms with Crippen molar-refractivity contribution in [2.45, 2.75) is 6.04 Å². The fourth-order valence-electron chi connectivity index (χ4n) is 3.31. The summed E-state index contributed by atoms with van der Waals surface area (Å²) in [5, 5.41) is 4.20. The lowest BCUT2D eigenvalue weighted by molar-refractivity contribution is 0.0117. The van der Waals surface area contributed by atoms with Crippen molar-refractivity contribution in [3.05, 3.63) is 60.2 Å². The van der Waals surface area contributed by atoms with E-state index in [1.54, 1.807) is 12.3 Å². The minimum absolute atomic E-state index is 0.0543. The molecule has 4 rings (SSSR count).